The monoisotopic (exact) mass is 269 g/mol. The van der Waals surface area contributed by atoms with Gasteiger partial charge in [0.1, 0.15) is 0 Å². The number of hydrogen-bond donors (Lipinski definition) is 1. The lowest BCUT2D eigenvalue weighted by molar-refractivity contribution is 0.592. The van der Waals surface area contributed by atoms with Gasteiger partial charge in [-0.05, 0) is 6.92 Å². The summed E-state index contributed by atoms with van der Waals surface area (Å²) in [4.78, 5) is 0. The molecule has 1 aliphatic rings. The fourth-order valence-corrected chi connectivity index (χ4v) is 2.49. The number of thioether (sulfide) groups is 1. The third-order valence-corrected chi connectivity index (χ3v) is 3.36. The van der Waals surface area contributed by atoms with Crippen LogP contribution in [0.3, 0.4) is 0 Å². The van der Waals surface area contributed by atoms with Gasteiger partial charge in [-0.15, -0.1) is 24.8 Å². The maximum atomic E-state index is 4.28. The average Bonchev–Trinajstić information content (AvgIpc) is 2.67. The van der Waals surface area contributed by atoms with E-state index in [0.29, 0.717) is 6.04 Å². The van der Waals surface area contributed by atoms with Gasteiger partial charge in [-0.25, -0.2) is 0 Å². The molecular weight excluding hydrogens is 253 g/mol. The Kier molecular flexibility index (Phi) is 7.44. The molecule has 6 heteroatoms. The molecule has 1 atom stereocenters. The second kappa shape index (κ2) is 7.39. The second-order valence-electron chi connectivity index (χ2n) is 3.21. The molecule has 1 N–H and O–H groups in total. The van der Waals surface area contributed by atoms with Crippen molar-refractivity contribution in [1.29, 1.82) is 0 Å². The highest BCUT2D eigenvalue weighted by molar-refractivity contribution is 7.99. The van der Waals surface area contributed by atoms with Crippen molar-refractivity contribution in [3.05, 3.63) is 18.0 Å². The second-order valence-corrected chi connectivity index (χ2v) is 4.36. The molecule has 1 aromatic heterocycles. The molecule has 2 rings (SSSR count). The number of aromatic nitrogens is 2. The minimum Gasteiger partial charge on any atom is -0.308 e. The van der Waals surface area contributed by atoms with Crippen LogP contribution in [-0.2, 0) is 6.54 Å². The number of aryl methyl sites for hydroxylation is 1. The fraction of sp³-hybridized carbons (Fsp3) is 0.667. The lowest BCUT2D eigenvalue weighted by atomic mass is 10.2. The maximum absolute atomic E-state index is 4.28. The highest BCUT2D eigenvalue weighted by Gasteiger charge is 2.15. The van der Waals surface area contributed by atoms with Gasteiger partial charge in [0.2, 0.25) is 0 Å². The van der Waals surface area contributed by atoms with E-state index in [1.54, 1.807) is 0 Å². The van der Waals surface area contributed by atoms with Crippen LogP contribution in [0.2, 0.25) is 0 Å². The van der Waals surface area contributed by atoms with Crippen LogP contribution in [0, 0.1) is 0 Å². The Bertz CT molecular complexity index is 274. The van der Waals surface area contributed by atoms with Crippen molar-refractivity contribution in [2.45, 2.75) is 19.5 Å². The quantitative estimate of drug-likeness (QED) is 0.892. The Labute approximate surface area is 107 Å². The zero-order valence-corrected chi connectivity index (χ0v) is 11.1. The van der Waals surface area contributed by atoms with Crippen molar-refractivity contribution in [3.8, 4) is 0 Å². The first-order chi connectivity index (χ1) is 6.40. The van der Waals surface area contributed by atoms with Gasteiger partial charge in [0.05, 0.1) is 6.20 Å². The smallest absolute Gasteiger partial charge is 0.0537 e. The summed E-state index contributed by atoms with van der Waals surface area (Å²) < 4.78 is 1.98. The van der Waals surface area contributed by atoms with Crippen LogP contribution in [0.4, 0.5) is 0 Å². The molecule has 1 fully saturated rings. The Balaban J connectivity index is 0.000000980. The molecule has 0 bridgehead atoms. The highest BCUT2D eigenvalue weighted by Crippen LogP contribution is 2.20. The fourth-order valence-electron chi connectivity index (χ4n) is 1.51. The normalized spacial score (nSPS) is 20.2. The molecule has 1 aromatic rings. The minimum absolute atomic E-state index is 0. The molecule has 1 aliphatic heterocycles. The van der Waals surface area contributed by atoms with Gasteiger partial charge in [0, 0.05) is 42.4 Å². The van der Waals surface area contributed by atoms with Crippen molar-refractivity contribution >= 4 is 36.6 Å². The first-order valence-electron chi connectivity index (χ1n) is 4.73. The van der Waals surface area contributed by atoms with E-state index < -0.39 is 0 Å². The summed E-state index contributed by atoms with van der Waals surface area (Å²) in [5, 5.41) is 7.78. The zero-order chi connectivity index (χ0) is 9.10. The van der Waals surface area contributed by atoms with E-state index in [4.69, 9.17) is 0 Å². The molecule has 0 amide bonds. The molecule has 1 saturated heterocycles. The summed E-state index contributed by atoms with van der Waals surface area (Å²) in [6.45, 7) is 4.19. The van der Waals surface area contributed by atoms with Crippen molar-refractivity contribution in [2.75, 3.05) is 18.1 Å². The van der Waals surface area contributed by atoms with Crippen molar-refractivity contribution in [3.63, 3.8) is 0 Å². The summed E-state index contributed by atoms with van der Waals surface area (Å²) in [6.07, 6.45) is 4.12. The van der Waals surface area contributed by atoms with Gasteiger partial charge >= 0.3 is 0 Å². The SMILES string of the molecule is CCn1cc(C2CSCCN2)cn1.Cl.Cl. The first kappa shape index (κ1) is 15.1. The Morgan fingerprint density at radius 1 is 1.60 bits per heavy atom. The third-order valence-electron chi connectivity index (χ3n) is 2.30. The number of nitrogens with zero attached hydrogens (tertiary/aromatic N) is 2. The molecule has 0 saturated carbocycles. The van der Waals surface area contributed by atoms with Crippen molar-refractivity contribution in [2.24, 2.45) is 0 Å². The van der Waals surface area contributed by atoms with Crippen LogP contribution in [-0.4, -0.2) is 27.8 Å². The van der Waals surface area contributed by atoms with E-state index >= 15 is 0 Å². The van der Waals surface area contributed by atoms with E-state index in [0.717, 1.165) is 13.1 Å². The summed E-state index contributed by atoms with van der Waals surface area (Å²) >= 11 is 2.02. The number of hydrogen-bond acceptors (Lipinski definition) is 3. The molecule has 0 spiro atoms. The highest BCUT2D eigenvalue weighted by atomic mass is 35.5. The largest absolute Gasteiger partial charge is 0.308 e. The van der Waals surface area contributed by atoms with Gasteiger partial charge in [0.25, 0.3) is 0 Å². The van der Waals surface area contributed by atoms with Crippen LogP contribution in [0.15, 0.2) is 12.4 Å². The van der Waals surface area contributed by atoms with E-state index in [9.17, 15) is 0 Å². The van der Waals surface area contributed by atoms with Crippen LogP contribution in [0.5, 0.6) is 0 Å². The van der Waals surface area contributed by atoms with E-state index in [1.807, 2.05) is 22.6 Å². The summed E-state index contributed by atoms with van der Waals surface area (Å²) in [5.41, 5.74) is 1.33. The molecule has 3 nitrogen and oxygen atoms in total. The average molecular weight is 270 g/mol. The van der Waals surface area contributed by atoms with Crippen LogP contribution in [0.1, 0.15) is 18.5 Å². The number of rotatable bonds is 2. The summed E-state index contributed by atoms with van der Waals surface area (Å²) in [7, 11) is 0. The zero-order valence-electron chi connectivity index (χ0n) is 8.68. The van der Waals surface area contributed by atoms with Crippen molar-refractivity contribution in [1.82, 2.24) is 15.1 Å². The van der Waals surface area contributed by atoms with Gasteiger partial charge < -0.3 is 5.32 Å². The molecular formula is C9H17Cl2N3S. The molecule has 1 unspecified atom stereocenters. The summed E-state index contributed by atoms with van der Waals surface area (Å²) in [5.74, 6) is 2.41. The van der Waals surface area contributed by atoms with Gasteiger partial charge in [-0.3, -0.25) is 4.68 Å². The molecule has 0 radical (unpaired) electrons. The van der Waals surface area contributed by atoms with Crippen molar-refractivity contribution < 1.29 is 0 Å². The predicted octanol–water partition coefficient (Wildman–Crippen LogP) is 2.12. The molecule has 15 heavy (non-hydrogen) atoms. The molecule has 2 heterocycles. The Hall–Kier alpha value is 0.1000. The predicted molar refractivity (Wildman–Crippen MR) is 70.5 cm³/mol. The van der Waals surface area contributed by atoms with E-state index in [1.165, 1.54) is 17.1 Å². The lowest BCUT2D eigenvalue weighted by Gasteiger charge is -2.21. The van der Waals surface area contributed by atoms with Gasteiger partial charge in [0.15, 0.2) is 0 Å². The standard InChI is InChI=1S/C9H15N3S.2ClH/c1-2-12-6-8(5-11-12)9-7-13-4-3-10-9;;/h5-6,9-10H,2-4,7H2,1H3;2*1H. The number of nitrogens with one attached hydrogen (secondary N) is 1. The Morgan fingerprint density at radius 3 is 2.93 bits per heavy atom. The van der Waals surface area contributed by atoms with Gasteiger partial charge in [-0.1, -0.05) is 0 Å². The van der Waals surface area contributed by atoms with Gasteiger partial charge in [-0.2, -0.15) is 16.9 Å². The summed E-state index contributed by atoms with van der Waals surface area (Å²) in [6, 6.07) is 0.513. The third kappa shape index (κ3) is 3.87. The lowest BCUT2D eigenvalue weighted by Crippen LogP contribution is -2.29. The van der Waals surface area contributed by atoms with E-state index in [-0.39, 0.29) is 24.8 Å². The Morgan fingerprint density at radius 2 is 2.40 bits per heavy atom. The maximum Gasteiger partial charge on any atom is 0.0537 e. The first-order valence-corrected chi connectivity index (χ1v) is 5.89. The van der Waals surface area contributed by atoms with Crippen LogP contribution in [0.25, 0.3) is 0 Å². The van der Waals surface area contributed by atoms with Crippen LogP contribution >= 0.6 is 36.6 Å². The molecule has 0 aliphatic carbocycles. The number of halogens is 2. The molecule has 0 aromatic carbocycles. The van der Waals surface area contributed by atoms with E-state index in [2.05, 4.69) is 23.5 Å². The topological polar surface area (TPSA) is 29.9 Å². The minimum atomic E-state index is 0. The molecule has 88 valence electrons. The van der Waals surface area contributed by atoms with Crippen LogP contribution < -0.4 is 5.32 Å².